The number of aromatic nitrogens is 4. The van der Waals surface area contributed by atoms with Crippen LogP contribution in [0.3, 0.4) is 0 Å². The fraction of sp³-hybridized carbons (Fsp3) is 0.400. The van der Waals surface area contributed by atoms with Crippen LogP contribution in [0.5, 0.6) is 0 Å². The maximum atomic E-state index is 13.5. The van der Waals surface area contributed by atoms with E-state index in [0.717, 1.165) is 18.9 Å². The molecule has 30 heavy (non-hydrogen) atoms. The van der Waals surface area contributed by atoms with Crippen LogP contribution in [0.15, 0.2) is 36.8 Å². The predicted octanol–water partition coefficient (Wildman–Crippen LogP) is 3.77. The van der Waals surface area contributed by atoms with Crippen LogP contribution in [0, 0.1) is 0 Å². The molecule has 0 amide bonds. The zero-order valence-electron chi connectivity index (χ0n) is 16.2. The topological polar surface area (TPSA) is 81.9 Å². The summed E-state index contributed by atoms with van der Waals surface area (Å²) < 4.78 is 46.6. The number of nitrogens with one attached hydrogen (secondary N) is 1. The quantitative estimate of drug-likeness (QED) is 0.634. The Morgan fingerprint density at radius 2 is 2.07 bits per heavy atom. The number of benzene rings is 1. The van der Waals surface area contributed by atoms with Gasteiger partial charge in [0.1, 0.15) is 18.7 Å². The molecule has 2 heterocycles. The van der Waals surface area contributed by atoms with Crippen LogP contribution >= 0.6 is 0 Å². The zero-order chi connectivity index (χ0) is 21.3. The Labute approximate surface area is 170 Å². The third kappa shape index (κ3) is 3.81. The van der Waals surface area contributed by atoms with Crippen molar-refractivity contribution in [2.24, 2.45) is 0 Å². The fourth-order valence-corrected chi connectivity index (χ4v) is 4.07. The molecule has 4 rings (SSSR count). The second kappa shape index (κ2) is 7.92. The summed E-state index contributed by atoms with van der Waals surface area (Å²) in [6, 6.07) is 5.52. The highest BCUT2D eigenvalue weighted by molar-refractivity contribution is 5.87. The smallest absolute Gasteiger partial charge is 0.416 e. The van der Waals surface area contributed by atoms with Crippen molar-refractivity contribution < 1.29 is 22.7 Å². The van der Waals surface area contributed by atoms with Crippen molar-refractivity contribution in [2.45, 2.75) is 43.9 Å². The molecule has 0 spiro atoms. The van der Waals surface area contributed by atoms with E-state index in [-0.39, 0.29) is 18.5 Å². The Morgan fingerprint density at radius 1 is 1.27 bits per heavy atom. The number of carbonyl (C=O) groups is 1. The van der Waals surface area contributed by atoms with Gasteiger partial charge in [-0.1, -0.05) is 24.6 Å². The molecular weight excluding hydrogens is 399 g/mol. The molecule has 0 aliphatic heterocycles. The number of esters is 1. The van der Waals surface area contributed by atoms with Gasteiger partial charge in [0.2, 0.25) is 0 Å². The molecule has 3 aromatic rings. The highest BCUT2D eigenvalue weighted by Gasteiger charge is 2.38. The molecule has 2 unspecified atom stereocenters. The van der Waals surface area contributed by atoms with E-state index in [1.165, 1.54) is 30.4 Å². The summed E-state index contributed by atoms with van der Waals surface area (Å²) in [7, 11) is 1.29. The fourth-order valence-electron chi connectivity index (χ4n) is 4.07. The van der Waals surface area contributed by atoms with E-state index in [2.05, 4.69) is 25.1 Å². The van der Waals surface area contributed by atoms with Crippen LogP contribution in [-0.2, 0) is 22.3 Å². The van der Waals surface area contributed by atoms with Crippen molar-refractivity contribution in [3.05, 3.63) is 47.9 Å². The second-order valence-corrected chi connectivity index (χ2v) is 7.21. The first-order valence-electron chi connectivity index (χ1n) is 9.54. The molecule has 1 aliphatic carbocycles. The first kappa shape index (κ1) is 20.1. The van der Waals surface area contributed by atoms with Crippen molar-refractivity contribution in [3.8, 4) is 0 Å². The van der Waals surface area contributed by atoms with E-state index in [9.17, 15) is 18.0 Å². The molecule has 1 N–H and O–H groups in total. The van der Waals surface area contributed by atoms with Gasteiger partial charge in [-0.2, -0.15) is 18.3 Å². The monoisotopic (exact) mass is 419 g/mol. The SMILES string of the molecule is COC(=O)Cn1ncc2c(NC3CCCC3c3ccccc3C(F)(F)F)ncnc21. The molecule has 158 valence electrons. The van der Waals surface area contributed by atoms with Crippen molar-refractivity contribution in [3.63, 3.8) is 0 Å². The third-order valence-electron chi connectivity index (χ3n) is 5.44. The number of rotatable bonds is 5. The van der Waals surface area contributed by atoms with Gasteiger partial charge in [0.15, 0.2) is 5.65 Å². The van der Waals surface area contributed by atoms with Crippen LogP contribution in [0.25, 0.3) is 11.0 Å². The average molecular weight is 419 g/mol. The Morgan fingerprint density at radius 3 is 2.83 bits per heavy atom. The van der Waals surface area contributed by atoms with Crippen molar-refractivity contribution >= 4 is 22.8 Å². The number of methoxy groups -OCH3 is 1. The lowest BCUT2D eigenvalue weighted by Gasteiger charge is -2.25. The molecule has 1 saturated carbocycles. The summed E-state index contributed by atoms with van der Waals surface area (Å²) in [5, 5.41) is 8.06. The van der Waals surface area contributed by atoms with Crippen LogP contribution in [-0.4, -0.2) is 38.9 Å². The average Bonchev–Trinajstić information content (AvgIpc) is 3.35. The highest BCUT2D eigenvalue weighted by Crippen LogP contribution is 2.42. The molecule has 0 radical (unpaired) electrons. The lowest BCUT2D eigenvalue weighted by atomic mass is 9.89. The number of alkyl halides is 3. The molecule has 7 nitrogen and oxygen atoms in total. The summed E-state index contributed by atoms with van der Waals surface area (Å²) in [4.78, 5) is 20.0. The molecule has 2 atom stereocenters. The molecule has 2 aromatic heterocycles. The minimum Gasteiger partial charge on any atom is -0.468 e. The molecule has 0 saturated heterocycles. The number of fused-ring (bicyclic) bond motifs is 1. The highest BCUT2D eigenvalue weighted by atomic mass is 19.4. The molecule has 0 bridgehead atoms. The zero-order valence-corrected chi connectivity index (χ0v) is 16.2. The lowest BCUT2D eigenvalue weighted by Crippen LogP contribution is -2.25. The number of ether oxygens (including phenoxy) is 1. The molecular formula is C20H20F3N5O2. The summed E-state index contributed by atoms with van der Waals surface area (Å²) in [5.74, 6) is -0.275. The van der Waals surface area contributed by atoms with E-state index < -0.39 is 17.7 Å². The predicted molar refractivity (Wildman–Crippen MR) is 103 cm³/mol. The summed E-state index contributed by atoms with van der Waals surface area (Å²) in [6.45, 7) is -0.0958. The second-order valence-electron chi connectivity index (χ2n) is 7.21. The van der Waals surface area contributed by atoms with Gasteiger partial charge >= 0.3 is 12.1 Å². The Kier molecular flexibility index (Phi) is 5.31. The maximum absolute atomic E-state index is 13.5. The maximum Gasteiger partial charge on any atom is 0.416 e. The number of carbonyl (C=O) groups excluding carboxylic acids is 1. The van der Waals surface area contributed by atoms with Crippen LogP contribution < -0.4 is 5.32 Å². The molecule has 1 aromatic carbocycles. The largest absolute Gasteiger partial charge is 0.468 e. The van der Waals surface area contributed by atoms with Crippen LogP contribution in [0.1, 0.15) is 36.3 Å². The van der Waals surface area contributed by atoms with Crippen molar-refractivity contribution in [1.82, 2.24) is 19.7 Å². The van der Waals surface area contributed by atoms with E-state index in [4.69, 9.17) is 0 Å². The third-order valence-corrected chi connectivity index (χ3v) is 5.44. The van der Waals surface area contributed by atoms with Crippen molar-refractivity contribution in [2.75, 3.05) is 12.4 Å². The Balaban J connectivity index is 1.63. The van der Waals surface area contributed by atoms with Gasteiger partial charge in [-0.25, -0.2) is 14.6 Å². The van der Waals surface area contributed by atoms with Gasteiger partial charge in [-0.05, 0) is 24.5 Å². The molecule has 10 heteroatoms. The normalized spacial score (nSPS) is 19.2. The van der Waals surface area contributed by atoms with Gasteiger partial charge < -0.3 is 10.1 Å². The number of hydrogen-bond acceptors (Lipinski definition) is 6. The van der Waals surface area contributed by atoms with E-state index >= 15 is 0 Å². The summed E-state index contributed by atoms with van der Waals surface area (Å²) >= 11 is 0. The van der Waals surface area contributed by atoms with Gasteiger partial charge in [0, 0.05) is 12.0 Å². The first-order valence-corrected chi connectivity index (χ1v) is 9.54. The van der Waals surface area contributed by atoms with Gasteiger partial charge in [0.25, 0.3) is 0 Å². The molecule has 1 aliphatic rings. The first-order chi connectivity index (χ1) is 14.4. The Hall–Kier alpha value is -3.17. The minimum absolute atomic E-state index is 0.0958. The molecule has 1 fully saturated rings. The summed E-state index contributed by atoms with van der Waals surface area (Å²) in [6.07, 6.45) is 0.659. The van der Waals surface area contributed by atoms with Crippen LogP contribution in [0.2, 0.25) is 0 Å². The van der Waals surface area contributed by atoms with Gasteiger partial charge in [-0.3, -0.25) is 4.79 Å². The Bertz CT molecular complexity index is 1070. The van der Waals surface area contributed by atoms with Crippen molar-refractivity contribution in [1.29, 1.82) is 0 Å². The summed E-state index contributed by atoms with van der Waals surface area (Å²) in [5.41, 5.74) is 0.150. The van der Waals surface area contributed by atoms with E-state index in [0.29, 0.717) is 28.8 Å². The van der Waals surface area contributed by atoms with E-state index in [1.54, 1.807) is 12.1 Å². The lowest BCUT2D eigenvalue weighted by molar-refractivity contribution is -0.141. The minimum atomic E-state index is -4.40. The number of anilines is 1. The number of halogens is 3. The van der Waals surface area contributed by atoms with Crippen LogP contribution in [0.4, 0.5) is 19.0 Å². The standard InChI is InChI=1S/C20H20F3N5O2/c1-30-17(29)10-28-19-14(9-26-28)18(24-11-25-19)27-16-8-4-6-13(16)12-5-2-3-7-15(12)20(21,22)23/h2-3,5,7,9,11,13,16H,4,6,8,10H2,1H3,(H,24,25,27). The van der Waals surface area contributed by atoms with Gasteiger partial charge in [-0.15, -0.1) is 0 Å². The van der Waals surface area contributed by atoms with E-state index in [1.807, 2.05) is 0 Å². The number of nitrogens with zero attached hydrogens (tertiary/aromatic N) is 4. The number of hydrogen-bond donors (Lipinski definition) is 1. The van der Waals surface area contributed by atoms with Gasteiger partial charge in [0.05, 0.1) is 24.3 Å².